The van der Waals surface area contributed by atoms with E-state index in [1.807, 2.05) is 0 Å². The summed E-state index contributed by atoms with van der Waals surface area (Å²) < 4.78 is 6.09. The van der Waals surface area contributed by atoms with Crippen molar-refractivity contribution in [2.45, 2.75) is 24.5 Å². The number of H-pyrrole nitrogens is 1. The first-order valence-corrected chi connectivity index (χ1v) is 7.03. The molecule has 0 amide bonds. The van der Waals surface area contributed by atoms with Crippen molar-refractivity contribution in [1.29, 1.82) is 0 Å². The summed E-state index contributed by atoms with van der Waals surface area (Å²) in [5.74, 6) is 0. The second-order valence-electron chi connectivity index (χ2n) is 4.75. The number of hydrogen-bond donors (Lipinski definition) is 4. The van der Waals surface area contributed by atoms with Gasteiger partial charge in [-0.2, -0.15) is 0 Å². The molecule has 4 atom stereocenters. The summed E-state index contributed by atoms with van der Waals surface area (Å²) in [6.07, 6.45) is -4.10. The van der Waals surface area contributed by atoms with Gasteiger partial charge in [0.1, 0.15) is 23.8 Å². The SMILES string of the molecule is O=c1[nH]n([C@@H]2O[C@H](CO)[C@@H](O)[C@H]2O)c(=O)c2nc(Br)ncc12.[Na+]. The van der Waals surface area contributed by atoms with Crippen LogP contribution in [-0.2, 0) is 4.74 Å². The normalized spacial score (nSPS) is 27.1. The maximum Gasteiger partial charge on any atom is 1.00 e. The molecule has 12 heteroatoms. The molecule has 4 N–H and O–H groups in total. The van der Waals surface area contributed by atoms with Gasteiger partial charge >= 0.3 is 29.6 Å². The van der Waals surface area contributed by atoms with Crippen LogP contribution in [-0.4, -0.2) is 60.0 Å². The number of rotatable bonds is 2. The fraction of sp³-hybridized carbons (Fsp3) is 0.455. The van der Waals surface area contributed by atoms with Crippen molar-refractivity contribution in [3.05, 3.63) is 31.6 Å². The van der Waals surface area contributed by atoms with Gasteiger partial charge in [0, 0.05) is 6.20 Å². The molecule has 10 nitrogen and oxygen atoms in total. The van der Waals surface area contributed by atoms with Crippen LogP contribution in [0.4, 0.5) is 0 Å². The number of halogens is 1. The van der Waals surface area contributed by atoms with Gasteiger partial charge in [0.05, 0.1) is 12.0 Å². The van der Waals surface area contributed by atoms with E-state index in [1.165, 1.54) is 6.20 Å². The van der Waals surface area contributed by atoms with E-state index in [4.69, 9.17) is 9.84 Å². The molecule has 1 aliphatic rings. The Kier molecular flexibility index (Phi) is 5.74. The summed E-state index contributed by atoms with van der Waals surface area (Å²) >= 11 is 3.01. The first kappa shape index (κ1) is 18.7. The van der Waals surface area contributed by atoms with E-state index in [1.54, 1.807) is 0 Å². The number of fused-ring (bicyclic) bond motifs is 1. The fourth-order valence-corrected chi connectivity index (χ4v) is 2.58. The van der Waals surface area contributed by atoms with Gasteiger partial charge in [0.2, 0.25) is 0 Å². The summed E-state index contributed by atoms with van der Waals surface area (Å²) in [7, 11) is 0. The van der Waals surface area contributed by atoms with Crippen LogP contribution >= 0.6 is 15.9 Å². The summed E-state index contributed by atoms with van der Waals surface area (Å²) in [6, 6.07) is 0. The van der Waals surface area contributed by atoms with Gasteiger partial charge in [-0.1, -0.05) is 0 Å². The zero-order chi connectivity index (χ0) is 16.0. The minimum Gasteiger partial charge on any atom is -0.394 e. The molecule has 1 fully saturated rings. The molecule has 0 radical (unpaired) electrons. The van der Waals surface area contributed by atoms with Crippen LogP contribution in [0.1, 0.15) is 6.23 Å². The van der Waals surface area contributed by atoms with Gasteiger partial charge in [-0.05, 0) is 15.9 Å². The van der Waals surface area contributed by atoms with Crippen molar-refractivity contribution in [3.63, 3.8) is 0 Å². The van der Waals surface area contributed by atoms with Crippen LogP contribution in [0, 0.1) is 0 Å². The number of nitrogens with zero attached hydrogens (tertiary/aromatic N) is 3. The van der Waals surface area contributed by atoms with Crippen LogP contribution in [0.25, 0.3) is 10.9 Å². The van der Waals surface area contributed by atoms with Gasteiger partial charge in [-0.3, -0.25) is 14.7 Å². The average molecular weight is 398 g/mol. The molecular weight excluding hydrogens is 387 g/mol. The van der Waals surface area contributed by atoms with E-state index < -0.39 is 42.3 Å². The summed E-state index contributed by atoms with van der Waals surface area (Å²) in [4.78, 5) is 32.0. The molecular formula is C11H11BrN4NaO6+. The summed E-state index contributed by atoms with van der Waals surface area (Å²) in [6.45, 7) is -0.547. The molecule has 0 aliphatic carbocycles. The minimum atomic E-state index is -1.49. The van der Waals surface area contributed by atoms with Crippen LogP contribution in [0.2, 0.25) is 0 Å². The van der Waals surface area contributed by atoms with Crippen LogP contribution in [0.15, 0.2) is 20.5 Å². The molecule has 0 aromatic carbocycles. The zero-order valence-corrected chi connectivity index (χ0v) is 15.5. The summed E-state index contributed by atoms with van der Waals surface area (Å²) in [5.41, 5.74) is -1.55. The molecule has 3 rings (SSSR count). The van der Waals surface area contributed by atoms with E-state index in [0.29, 0.717) is 0 Å². The molecule has 0 unspecified atom stereocenters. The van der Waals surface area contributed by atoms with E-state index in [2.05, 4.69) is 31.0 Å². The Balaban J connectivity index is 0.00000192. The summed E-state index contributed by atoms with van der Waals surface area (Å²) in [5, 5.41) is 31.0. The van der Waals surface area contributed by atoms with Crippen molar-refractivity contribution >= 4 is 26.8 Å². The minimum absolute atomic E-state index is 0. The molecule has 3 heterocycles. The molecule has 0 saturated carbocycles. The Morgan fingerprint density at radius 2 is 2.04 bits per heavy atom. The number of hydrogen-bond acceptors (Lipinski definition) is 8. The van der Waals surface area contributed by atoms with E-state index in [-0.39, 0.29) is 45.2 Å². The Labute approximate surface area is 158 Å². The number of ether oxygens (including phenoxy) is 1. The Morgan fingerprint density at radius 3 is 2.65 bits per heavy atom. The molecule has 0 spiro atoms. The van der Waals surface area contributed by atoms with E-state index in [9.17, 15) is 19.8 Å². The van der Waals surface area contributed by atoms with Crippen LogP contribution in [0.3, 0.4) is 0 Å². The van der Waals surface area contributed by atoms with Crippen LogP contribution in [0.5, 0.6) is 0 Å². The maximum atomic E-state index is 12.4. The molecule has 1 saturated heterocycles. The standard InChI is InChI=1S/C11H11BrN4O6.Na/c12-11-13-1-3-5(14-11)9(21)16(15-8(3)20)10-7(19)6(18)4(2-17)22-10;/h1,4,6-7,10,17-19H,2H2,(H,15,20);/q;+1/t4-,6-,7-,10-;/m1./s1. The molecule has 2 aromatic rings. The quantitative estimate of drug-likeness (QED) is 0.290. The first-order chi connectivity index (χ1) is 10.4. The van der Waals surface area contributed by atoms with Gasteiger partial charge in [-0.15, -0.1) is 0 Å². The molecule has 0 bridgehead atoms. The largest absolute Gasteiger partial charge is 1.00 e. The number of aliphatic hydroxyl groups is 3. The molecule has 118 valence electrons. The third-order valence-electron chi connectivity index (χ3n) is 3.42. The monoisotopic (exact) mass is 397 g/mol. The van der Waals surface area contributed by atoms with Gasteiger partial charge in [0.15, 0.2) is 11.0 Å². The predicted molar refractivity (Wildman–Crippen MR) is 75.1 cm³/mol. The van der Waals surface area contributed by atoms with Gasteiger partial charge in [0.25, 0.3) is 11.1 Å². The Hall–Kier alpha value is -0.660. The van der Waals surface area contributed by atoms with Gasteiger partial charge < -0.3 is 20.1 Å². The topological polar surface area (TPSA) is 151 Å². The van der Waals surface area contributed by atoms with Crippen LogP contribution < -0.4 is 40.7 Å². The number of aromatic nitrogens is 4. The van der Waals surface area contributed by atoms with Crippen molar-refractivity contribution in [2.75, 3.05) is 6.61 Å². The van der Waals surface area contributed by atoms with Crippen molar-refractivity contribution < 1.29 is 49.6 Å². The zero-order valence-electron chi connectivity index (χ0n) is 11.9. The fourth-order valence-electron chi connectivity index (χ4n) is 2.30. The third-order valence-corrected chi connectivity index (χ3v) is 3.80. The number of nitrogens with one attached hydrogen (secondary N) is 1. The average Bonchev–Trinajstić information content (AvgIpc) is 2.78. The van der Waals surface area contributed by atoms with E-state index in [0.717, 1.165) is 4.68 Å². The Bertz CT molecular complexity index is 841. The second-order valence-corrected chi connectivity index (χ2v) is 5.46. The van der Waals surface area contributed by atoms with Gasteiger partial charge in [-0.25, -0.2) is 14.6 Å². The first-order valence-electron chi connectivity index (χ1n) is 6.23. The van der Waals surface area contributed by atoms with Crippen molar-refractivity contribution in [2.24, 2.45) is 0 Å². The number of aromatic amines is 1. The molecule has 2 aromatic heterocycles. The molecule has 23 heavy (non-hydrogen) atoms. The predicted octanol–water partition coefficient (Wildman–Crippen LogP) is -5.14. The third kappa shape index (κ3) is 3.15. The number of aliphatic hydroxyl groups excluding tert-OH is 3. The van der Waals surface area contributed by atoms with Crippen molar-refractivity contribution in [1.82, 2.24) is 19.7 Å². The second kappa shape index (κ2) is 7.07. The van der Waals surface area contributed by atoms with E-state index >= 15 is 0 Å². The Morgan fingerprint density at radius 1 is 1.35 bits per heavy atom. The maximum absolute atomic E-state index is 12.4. The van der Waals surface area contributed by atoms with Crippen molar-refractivity contribution in [3.8, 4) is 0 Å². The molecule has 1 aliphatic heterocycles. The smallest absolute Gasteiger partial charge is 0.394 e.